The highest BCUT2D eigenvalue weighted by atomic mass is 15.3. The van der Waals surface area contributed by atoms with Gasteiger partial charge in [0.1, 0.15) is 0 Å². The minimum absolute atomic E-state index is 1.05. The second kappa shape index (κ2) is 2.24. The van der Waals surface area contributed by atoms with Gasteiger partial charge in [-0.2, -0.15) is 0 Å². The number of nitrogens with two attached hydrogens (primary N) is 1. The third-order valence-corrected chi connectivity index (χ3v) is 2.34. The largest absolute Gasteiger partial charge is 0.277 e. The van der Waals surface area contributed by atoms with Crippen LogP contribution >= 0.6 is 0 Å². The summed E-state index contributed by atoms with van der Waals surface area (Å²) in [5.74, 6) is 6.89. The van der Waals surface area contributed by atoms with Gasteiger partial charge in [0, 0.05) is 6.92 Å². The monoisotopic (exact) mass is 162 g/mol. The molecule has 0 saturated carbocycles. The van der Waals surface area contributed by atoms with Crippen molar-refractivity contribution in [2.24, 2.45) is 7.05 Å². The molecule has 0 atom stereocenters. The van der Waals surface area contributed by atoms with Crippen molar-refractivity contribution in [1.82, 2.24) is 4.68 Å². The summed E-state index contributed by atoms with van der Waals surface area (Å²) in [5.41, 5.74) is 2.23. The zero-order valence-electron chi connectivity index (χ0n) is 7.28. The van der Waals surface area contributed by atoms with Gasteiger partial charge in [0.05, 0.1) is 7.05 Å². The Morgan fingerprint density at radius 1 is 1.33 bits per heavy atom. The van der Waals surface area contributed by atoms with Crippen LogP contribution in [0.25, 0.3) is 11.0 Å². The Kier molecular flexibility index (Phi) is 1.33. The van der Waals surface area contributed by atoms with Crippen LogP contribution in [0, 0.1) is 6.92 Å². The van der Waals surface area contributed by atoms with Gasteiger partial charge in [-0.3, -0.25) is 5.84 Å². The second-order valence-corrected chi connectivity index (χ2v) is 2.96. The van der Waals surface area contributed by atoms with E-state index in [0.29, 0.717) is 0 Å². The van der Waals surface area contributed by atoms with Crippen molar-refractivity contribution in [3.63, 3.8) is 0 Å². The number of nitrogen functional groups attached to an aromatic ring is 1. The number of fused-ring (bicyclic) bond motifs is 1. The van der Waals surface area contributed by atoms with Gasteiger partial charge in [-0.05, 0) is 12.1 Å². The molecule has 2 rings (SSSR count). The summed E-state index contributed by atoms with van der Waals surface area (Å²) < 4.78 is 3.78. The predicted octanol–water partition coefficient (Wildman–Crippen LogP) is 0.488. The van der Waals surface area contributed by atoms with Crippen LogP contribution in [-0.2, 0) is 7.05 Å². The number of para-hydroxylation sites is 2. The van der Waals surface area contributed by atoms with Gasteiger partial charge < -0.3 is 0 Å². The Bertz CT molecular complexity index is 390. The molecule has 12 heavy (non-hydrogen) atoms. The molecule has 1 aromatic heterocycles. The first-order chi connectivity index (χ1) is 5.72. The highest BCUT2D eigenvalue weighted by Crippen LogP contribution is 2.09. The zero-order chi connectivity index (χ0) is 8.72. The molecule has 0 radical (unpaired) electrons. The molecule has 0 bridgehead atoms. The maximum Gasteiger partial charge on any atom is 0.277 e. The topological polar surface area (TPSA) is 34.8 Å². The fourth-order valence-corrected chi connectivity index (χ4v) is 1.46. The Balaban J connectivity index is 2.99. The van der Waals surface area contributed by atoms with E-state index < -0.39 is 0 Å². The van der Waals surface area contributed by atoms with E-state index in [2.05, 4.69) is 10.6 Å². The number of imidazole rings is 1. The predicted molar refractivity (Wildman–Crippen MR) is 48.0 cm³/mol. The zero-order valence-corrected chi connectivity index (χ0v) is 7.28. The van der Waals surface area contributed by atoms with Crippen LogP contribution in [0.1, 0.15) is 5.82 Å². The Morgan fingerprint density at radius 2 is 2.00 bits per heavy atom. The van der Waals surface area contributed by atoms with Crippen LogP contribution in [-0.4, -0.2) is 4.68 Å². The molecule has 0 aliphatic rings. The fourth-order valence-electron chi connectivity index (χ4n) is 1.46. The van der Waals surface area contributed by atoms with Crippen molar-refractivity contribution in [3.8, 4) is 0 Å². The molecule has 2 aromatic rings. The Morgan fingerprint density at radius 3 is 2.67 bits per heavy atom. The highest BCUT2D eigenvalue weighted by Gasteiger charge is 2.15. The lowest BCUT2D eigenvalue weighted by atomic mass is 10.3. The molecule has 0 unspecified atom stereocenters. The molecule has 0 spiro atoms. The number of hydrogen-bond acceptors (Lipinski definition) is 1. The van der Waals surface area contributed by atoms with Gasteiger partial charge >= 0.3 is 0 Å². The maximum absolute atomic E-state index is 5.83. The molecule has 2 N–H and O–H groups in total. The molecular formula is C9H12N3+. The van der Waals surface area contributed by atoms with Crippen LogP contribution < -0.4 is 10.4 Å². The van der Waals surface area contributed by atoms with E-state index in [-0.39, 0.29) is 0 Å². The summed E-state index contributed by atoms with van der Waals surface area (Å²) in [4.78, 5) is 0. The minimum atomic E-state index is 1.05. The molecular weight excluding hydrogens is 150 g/mol. The van der Waals surface area contributed by atoms with Gasteiger partial charge in [-0.15, -0.1) is 4.68 Å². The summed E-state index contributed by atoms with van der Waals surface area (Å²) in [6.45, 7) is 2.00. The summed E-state index contributed by atoms with van der Waals surface area (Å²) in [5, 5.41) is 0. The SMILES string of the molecule is Cc1n(N)c2ccccc2[n+]1C. The highest BCUT2D eigenvalue weighted by molar-refractivity contribution is 5.72. The lowest BCUT2D eigenvalue weighted by Gasteiger charge is -1.85. The molecule has 62 valence electrons. The maximum atomic E-state index is 5.83. The van der Waals surface area contributed by atoms with Gasteiger partial charge in [-0.1, -0.05) is 12.1 Å². The molecule has 1 aromatic carbocycles. The van der Waals surface area contributed by atoms with Gasteiger partial charge in [0.15, 0.2) is 11.0 Å². The molecule has 3 heteroatoms. The van der Waals surface area contributed by atoms with Crippen molar-refractivity contribution >= 4 is 11.0 Å². The first-order valence-electron chi connectivity index (χ1n) is 3.93. The van der Waals surface area contributed by atoms with Crippen LogP contribution in [0.3, 0.4) is 0 Å². The first kappa shape index (κ1) is 7.16. The third-order valence-electron chi connectivity index (χ3n) is 2.34. The first-order valence-corrected chi connectivity index (χ1v) is 3.93. The average Bonchev–Trinajstić information content (AvgIpc) is 2.33. The van der Waals surface area contributed by atoms with Crippen LogP contribution in [0.4, 0.5) is 0 Å². The Labute approximate surface area is 71.0 Å². The van der Waals surface area contributed by atoms with Crippen LogP contribution in [0.5, 0.6) is 0 Å². The van der Waals surface area contributed by atoms with Crippen molar-refractivity contribution in [2.75, 3.05) is 5.84 Å². The number of nitrogens with zero attached hydrogens (tertiary/aromatic N) is 2. The van der Waals surface area contributed by atoms with E-state index in [1.54, 1.807) is 4.68 Å². The van der Waals surface area contributed by atoms with Gasteiger partial charge in [0.2, 0.25) is 0 Å². The van der Waals surface area contributed by atoms with Crippen LogP contribution in [0.2, 0.25) is 0 Å². The van der Waals surface area contributed by atoms with E-state index in [9.17, 15) is 0 Å². The van der Waals surface area contributed by atoms with Crippen molar-refractivity contribution in [2.45, 2.75) is 6.92 Å². The summed E-state index contributed by atoms with van der Waals surface area (Å²) in [7, 11) is 2.01. The number of aromatic nitrogens is 2. The second-order valence-electron chi connectivity index (χ2n) is 2.96. The molecule has 0 aliphatic heterocycles. The number of aryl methyl sites for hydroxylation is 1. The lowest BCUT2D eigenvalue weighted by Crippen LogP contribution is -2.32. The van der Waals surface area contributed by atoms with E-state index in [0.717, 1.165) is 16.9 Å². The summed E-state index contributed by atoms with van der Waals surface area (Å²) >= 11 is 0. The lowest BCUT2D eigenvalue weighted by molar-refractivity contribution is -0.652. The van der Waals surface area contributed by atoms with E-state index >= 15 is 0 Å². The normalized spacial score (nSPS) is 10.8. The standard InChI is InChI=1S/C9H12N3/c1-7-11(2)8-5-3-4-6-9(8)12(7)10/h3-6H,10H2,1-2H3/q+1. The molecule has 1 heterocycles. The van der Waals surface area contributed by atoms with E-state index in [4.69, 9.17) is 5.84 Å². The van der Waals surface area contributed by atoms with Crippen molar-refractivity contribution in [1.29, 1.82) is 0 Å². The van der Waals surface area contributed by atoms with Crippen LogP contribution in [0.15, 0.2) is 24.3 Å². The number of benzene rings is 1. The van der Waals surface area contributed by atoms with Gasteiger partial charge in [0.25, 0.3) is 5.82 Å². The van der Waals surface area contributed by atoms with E-state index in [1.165, 1.54) is 0 Å². The quantitative estimate of drug-likeness (QED) is 0.444. The Hall–Kier alpha value is -1.51. The smallest absolute Gasteiger partial charge is 0.268 e. The third kappa shape index (κ3) is 0.733. The minimum Gasteiger partial charge on any atom is -0.268 e. The molecule has 0 aliphatic carbocycles. The molecule has 0 amide bonds. The summed E-state index contributed by atoms with van der Waals surface area (Å²) in [6.07, 6.45) is 0. The molecule has 0 saturated heterocycles. The molecule has 3 nitrogen and oxygen atoms in total. The van der Waals surface area contributed by atoms with Gasteiger partial charge in [-0.25, -0.2) is 4.57 Å². The summed E-state index contributed by atoms with van der Waals surface area (Å²) in [6, 6.07) is 8.08. The number of hydrogen-bond donors (Lipinski definition) is 1. The average molecular weight is 162 g/mol. The number of rotatable bonds is 0. The van der Waals surface area contributed by atoms with Crippen molar-refractivity contribution in [3.05, 3.63) is 30.1 Å². The molecule has 0 fully saturated rings. The fraction of sp³-hybridized carbons (Fsp3) is 0.222. The van der Waals surface area contributed by atoms with Crippen molar-refractivity contribution < 1.29 is 4.57 Å². The van der Waals surface area contributed by atoms with E-state index in [1.807, 2.05) is 32.2 Å².